The summed E-state index contributed by atoms with van der Waals surface area (Å²) >= 11 is 0. The highest BCUT2D eigenvalue weighted by Crippen LogP contribution is 2.80. The van der Waals surface area contributed by atoms with Gasteiger partial charge in [-0.1, -0.05) is 25.1 Å². The Morgan fingerprint density at radius 3 is 2.33 bits per heavy atom. The zero-order valence-electron chi connectivity index (χ0n) is 25.5. The van der Waals surface area contributed by atoms with Gasteiger partial charge in [0.15, 0.2) is 0 Å². The number of methoxy groups -OCH3 is 4. The summed E-state index contributed by atoms with van der Waals surface area (Å²) in [6.07, 6.45) is -5.27. The Morgan fingerprint density at radius 1 is 1.00 bits per heavy atom. The summed E-state index contributed by atoms with van der Waals surface area (Å²) in [6, 6.07) is 8.25. The van der Waals surface area contributed by atoms with Crippen LogP contribution in [0.3, 0.4) is 0 Å². The van der Waals surface area contributed by atoms with E-state index in [0.717, 1.165) is 0 Å². The second-order valence-electron chi connectivity index (χ2n) is 13.9. The van der Waals surface area contributed by atoms with Crippen molar-refractivity contribution in [3.63, 3.8) is 0 Å². The summed E-state index contributed by atoms with van der Waals surface area (Å²) in [6.45, 7) is 3.46. The van der Waals surface area contributed by atoms with Gasteiger partial charge in [-0.15, -0.1) is 0 Å². The highest BCUT2D eigenvalue weighted by molar-refractivity contribution is 5.89. The van der Waals surface area contributed by atoms with Crippen LogP contribution in [0.4, 0.5) is 0 Å². The van der Waals surface area contributed by atoms with Crippen molar-refractivity contribution in [2.45, 2.75) is 73.6 Å². The van der Waals surface area contributed by atoms with Crippen LogP contribution in [0, 0.1) is 34.5 Å². The molecule has 5 aliphatic carbocycles. The lowest BCUT2D eigenvalue weighted by Gasteiger charge is -2.70. The molecular weight excluding hydrogens is 558 g/mol. The summed E-state index contributed by atoms with van der Waals surface area (Å²) in [7, 11) is 6.29. The van der Waals surface area contributed by atoms with Crippen LogP contribution >= 0.6 is 0 Å². The van der Waals surface area contributed by atoms with E-state index in [0.29, 0.717) is 25.1 Å². The first-order valence-corrected chi connectivity index (χ1v) is 15.5. The number of aliphatic hydroxyl groups is 4. The molecule has 238 valence electrons. The number of benzene rings is 1. The number of rotatable bonds is 8. The molecule has 11 nitrogen and oxygen atoms in total. The monoisotopic (exact) mass is 603 g/mol. The molecule has 7 rings (SSSR count). The lowest BCUT2D eigenvalue weighted by molar-refractivity contribution is -0.320. The summed E-state index contributed by atoms with van der Waals surface area (Å²) in [5, 5.41) is 49.7. The lowest BCUT2D eigenvalue weighted by Crippen LogP contribution is -2.81. The molecule has 1 aliphatic heterocycles. The van der Waals surface area contributed by atoms with Gasteiger partial charge in [0.2, 0.25) is 0 Å². The van der Waals surface area contributed by atoms with Crippen LogP contribution in [-0.2, 0) is 23.7 Å². The molecule has 5 saturated carbocycles. The minimum Gasteiger partial charge on any atom is -0.455 e. The number of nitrogens with zero attached hydrogens (tertiary/aromatic N) is 1. The first kappa shape index (κ1) is 30.0. The van der Waals surface area contributed by atoms with E-state index in [2.05, 4.69) is 11.8 Å². The molecule has 7 bridgehead atoms. The van der Waals surface area contributed by atoms with E-state index in [9.17, 15) is 25.2 Å². The number of carbonyl (C=O) groups excluding carboxylic acids is 1. The van der Waals surface area contributed by atoms with Gasteiger partial charge in [-0.3, -0.25) is 4.90 Å². The molecule has 1 unspecified atom stereocenters. The van der Waals surface area contributed by atoms with E-state index in [1.165, 1.54) is 7.11 Å². The van der Waals surface area contributed by atoms with E-state index < -0.39 is 82.4 Å². The number of ether oxygens (including phenoxy) is 5. The molecule has 1 spiro atoms. The first-order valence-electron chi connectivity index (χ1n) is 15.5. The molecule has 11 heteroatoms. The van der Waals surface area contributed by atoms with E-state index in [1.54, 1.807) is 51.7 Å². The van der Waals surface area contributed by atoms with Gasteiger partial charge < -0.3 is 44.1 Å². The number of likely N-dealkylation sites (tertiary alicyclic amines) is 1. The van der Waals surface area contributed by atoms with Crippen molar-refractivity contribution in [2.24, 2.45) is 34.5 Å². The maximum absolute atomic E-state index is 13.6. The van der Waals surface area contributed by atoms with Gasteiger partial charge in [0.05, 0.1) is 30.5 Å². The van der Waals surface area contributed by atoms with Gasteiger partial charge in [-0.2, -0.15) is 0 Å². The van der Waals surface area contributed by atoms with Crippen molar-refractivity contribution in [1.29, 1.82) is 0 Å². The fraction of sp³-hybridized carbons (Fsp3) is 0.781. The summed E-state index contributed by atoms with van der Waals surface area (Å²) in [4.78, 5) is 15.8. The number of aliphatic hydroxyl groups excluding tert-OH is 2. The summed E-state index contributed by atoms with van der Waals surface area (Å²) < 4.78 is 30.5. The standard InChI is InChI=1S/C32H45NO10/c1-6-33-14-29(15-39-2)18(34)12-19(40-3)31-17-13-30(37)26(43-28(36)16-10-8-7-9-11-16)20(17)32(38,25(35)27(30)42-5)21(24(31)33)22(41-4)23(29)31/h7-11,17-27,34-35,37-38H,6,12-15H2,1-5H3/t17-,18-,19+,20-,21-,22+,23-,24?,25+,26-,27+,29+,30-,31+,32-/m1/s1. The predicted molar refractivity (Wildman–Crippen MR) is 151 cm³/mol. The first-order chi connectivity index (χ1) is 20.6. The van der Waals surface area contributed by atoms with Crippen molar-refractivity contribution >= 4 is 5.97 Å². The van der Waals surface area contributed by atoms with Gasteiger partial charge in [0, 0.05) is 76.0 Å². The number of carbonyl (C=O) groups is 1. The van der Waals surface area contributed by atoms with Gasteiger partial charge in [0.25, 0.3) is 0 Å². The van der Waals surface area contributed by atoms with Crippen LogP contribution < -0.4 is 0 Å². The highest BCUT2D eigenvalue weighted by Gasteiger charge is 2.91. The average molecular weight is 604 g/mol. The summed E-state index contributed by atoms with van der Waals surface area (Å²) in [5.74, 6) is -2.94. The molecule has 0 aromatic heterocycles. The predicted octanol–water partition coefficient (Wildman–Crippen LogP) is 0.0773. The van der Waals surface area contributed by atoms with Crippen molar-refractivity contribution in [3.8, 4) is 0 Å². The number of fused-ring (bicyclic) bond motifs is 2. The van der Waals surface area contributed by atoms with Crippen LogP contribution in [0.5, 0.6) is 0 Å². The van der Waals surface area contributed by atoms with Gasteiger partial charge in [0.1, 0.15) is 29.5 Å². The molecule has 0 radical (unpaired) electrons. The fourth-order valence-electron chi connectivity index (χ4n) is 11.9. The fourth-order valence-corrected chi connectivity index (χ4v) is 11.9. The van der Waals surface area contributed by atoms with Gasteiger partial charge in [-0.05, 0) is 31.0 Å². The minimum absolute atomic E-state index is 0.106. The van der Waals surface area contributed by atoms with Crippen LogP contribution in [0.2, 0.25) is 0 Å². The SMILES string of the molecule is CCN1C[C@]2(COC)[C@H](O)C[C@H](OC)[C@]34C1[C@@H]([C@H](OC)[C@H]23)[C@]1(O)[C@H]2[C@@H](OC(=O)c3ccccc3)[C@](O)(C[C@H]24)[C@@H](OC)[C@@H]1O. The number of hydrogen-bond donors (Lipinski definition) is 4. The molecule has 4 N–H and O–H groups in total. The lowest BCUT2D eigenvalue weighted by atomic mass is 9.42. The molecule has 15 atom stereocenters. The zero-order valence-corrected chi connectivity index (χ0v) is 25.5. The van der Waals surface area contributed by atoms with Crippen molar-refractivity contribution in [3.05, 3.63) is 35.9 Å². The van der Waals surface area contributed by atoms with Crippen molar-refractivity contribution < 1.29 is 48.9 Å². The number of piperidine rings is 1. The quantitative estimate of drug-likeness (QED) is 0.300. The third-order valence-electron chi connectivity index (χ3n) is 12.9. The third kappa shape index (κ3) is 3.28. The molecular formula is C32H45NO10. The normalized spacial score (nSPS) is 52.7. The molecule has 43 heavy (non-hydrogen) atoms. The minimum atomic E-state index is -1.86. The van der Waals surface area contributed by atoms with Crippen molar-refractivity contribution in [1.82, 2.24) is 4.90 Å². The maximum Gasteiger partial charge on any atom is 0.338 e. The Bertz CT molecular complexity index is 1250. The molecule has 6 fully saturated rings. The molecule has 1 saturated heterocycles. The number of hydrogen-bond acceptors (Lipinski definition) is 11. The van der Waals surface area contributed by atoms with Crippen LogP contribution in [0.15, 0.2) is 30.3 Å². The van der Waals surface area contributed by atoms with Crippen LogP contribution in [0.1, 0.15) is 30.1 Å². The van der Waals surface area contributed by atoms with E-state index in [4.69, 9.17) is 23.7 Å². The van der Waals surface area contributed by atoms with E-state index in [-0.39, 0.29) is 25.0 Å². The van der Waals surface area contributed by atoms with E-state index >= 15 is 0 Å². The molecule has 0 amide bonds. The highest BCUT2D eigenvalue weighted by atomic mass is 16.6. The molecule has 1 aromatic rings. The largest absolute Gasteiger partial charge is 0.455 e. The smallest absolute Gasteiger partial charge is 0.338 e. The Labute approximate surface area is 252 Å². The topological polar surface area (TPSA) is 147 Å². The Hall–Kier alpha value is -1.67. The van der Waals surface area contributed by atoms with Gasteiger partial charge >= 0.3 is 5.97 Å². The second kappa shape index (κ2) is 9.91. The zero-order chi connectivity index (χ0) is 30.7. The second-order valence-corrected chi connectivity index (χ2v) is 13.9. The van der Waals surface area contributed by atoms with Crippen molar-refractivity contribution in [2.75, 3.05) is 48.1 Å². The van der Waals surface area contributed by atoms with Crippen LogP contribution in [-0.4, -0.2) is 133 Å². The number of esters is 1. The molecule has 1 heterocycles. The maximum atomic E-state index is 13.6. The van der Waals surface area contributed by atoms with E-state index in [1.807, 2.05) is 0 Å². The third-order valence-corrected chi connectivity index (χ3v) is 12.9. The summed E-state index contributed by atoms with van der Waals surface area (Å²) in [5.41, 5.74) is -4.81. The molecule has 6 aliphatic rings. The Morgan fingerprint density at radius 2 is 1.72 bits per heavy atom. The van der Waals surface area contributed by atoms with Gasteiger partial charge in [-0.25, -0.2) is 4.79 Å². The Balaban J connectivity index is 1.48. The Kier molecular flexibility index (Phi) is 6.92. The molecule has 1 aromatic carbocycles. The van der Waals surface area contributed by atoms with Crippen LogP contribution in [0.25, 0.3) is 0 Å². The average Bonchev–Trinajstić information content (AvgIpc) is 3.39.